The number of ether oxygens (including phenoxy) is 1. The zero-order chi connectivity index (χ0) is 29.7. The molecular weight excluding hydrogens is 607 g/mol. The van der Waals surface area contributed by atoms with E-state index in [1.165, 1.54) is 23.5 Å². The molecule has 0 aliphatic heterocycles. The van der Waals surface area contributed by atoms with Gasteiger partial charge < -0.3 is 10.1 Å². The van der Waals surface area contributed by atoms with Gasteiger partial charge in [-0.05, 0) is 33.0 Å². The van der Waals surface area contributed by atoms with Gasteiger partial charge in [0.1, 0.15) is 22.7 Å². The molecule has 2 aromatic heterocycles. The minimum Gasteiger partial charge on any atom is -0.460 e. The number of thiazole rings is 1. The second-order valence-electron chi connectivity index (χ2n) is 9.52. The number of nitrogens with one attached hydrogen (secondary N) is 2. The number of carbonyl (C=O) groups is 1. The van der Waals surface area contributed by atoms with Crippen LogP contribution >= 0.6 is 47.4 Å². The number of likely N-dealkylation sites (N-methyl/N-ethyl adjacent to an activating group) is 1. The molecule has 4 aromatic rings. The van der Waals surface area contributed by atoms with Crippen LogP contribution in [0.2, 0.25) is 10.0 Å². The molecule has 0 saturated heterocycles. The first-order valence-electron chi connectivity index (χ1n) is 12.5. The number of aromatic nitrogens is 4. The molecule has 0 fully saturated rings. The molecule has 14 heteroatoms. The van der Waals surface area contributed by atoms with Crippen molar-refractivity contribution in [2.45, 2.75) is 19.3 Å². The Kier molecular flexibility index (Phi) is 10.1. The summed E-state index contributed by atoms with van der Waals surface area (Å²) in [6.07, 6.45) is 0.985. The highest BCUT2D eigenvalue weighted by Gasteiger charge is 2.35. The van der Waals surface area contributed by atoms with Crippen LogP contribution in [-0.4, -0.2) is 63.3 Å². The van der Waals surface area contributed by atoms with E-state index >= 15 is 0 Å². The predicted molar refractivity (Wildman–Crippen MR) is 165 cm³/mol. The third-order valence-corrected chi connectivity index (χ3v) is 8.56. The Bertz CT molecular complexity index is 1630. The molecule has 0 aliphatic carbocycles. The highest BCUT2D eigenvalue weighted by atomic mass is 35.5. The number of carbonyl (C=O) groups excluding carboxylic acids is 1. The fraction of sp³-hybridized carbons (Fsp3) is 0.296. The van der Waals surface area contributed by atoms with Crippen molar-refractivity contribution >= 4 is 53.3 Å². The average molecular weight is 636 g/mol. The predicted octanol–water partition coefficient (Wildman–Crippen LogP) is 4.20. The summed E-state index contributed by atoms with van der Waals surface area (Å²) in [5.74, 6) is -0.491. The monoisotopic (exact) mass is 634 g/mol. The zero-order valence-corrected chi connectivity index (χ0v) is 25.7. The Hall–Kier alpha value is -3.00. The molecule has 2 N–H and O–H groups in total. The van der Waals surface area contributed by atoms with Crippen LogP contribution in [0.5, 0.6) is 0 Å². The molecule has 0 aliphatic rings. The maximum Gasteiger partial charge on any atom is 0.350 e. The number of hydrogen-bond donors (Lipinski definition) is 3. The number of H-pyrrole nitrogens is 1. The first kappa shape index (κ1) is 30.9. The van der Waals surface area contributed by atoms with Gasteiger partial charge in [-0.1, -0.05) is 66.3 Å². The third-order valence-electron chi connectivity index (χ3n) is 6.21. The minimum atomic E-state index is -0.849. The van der Waals surface area contributed by atoms with E-state index in [-0.39, 0.29) is 22.3 Å². The van der Waals surface area contributed by atoms with E-state index in [4.69, 9.17) is 32.9 Å². The summed E-state index contributed by atoms with van der Waals surface area (Å²) in [4.78, 5) is 44.4. The van der Waals surface area contributed by atoms with Crippen molar-refractivity contribution in [2.75, 3.05) is 33.3 Å². The fourth-order valence-electron chi connectivity index (χ4n) is 4.10. The SMILES string of the molecule is CNCCN(S)CCOC(=O)c1sc(C(C)(C)c2c(Cl)cc(-n3ncc(=O)[nH]c3=O)cc2Cl)nc1-c1ccccc1. The van der Waals surface area contributed by atoms with E-state index in [2.05, 4.69) is 28.2 Å². The summed E-state index contributed by atoms with van der Waals surface area (Å²) in [6, 6.07) is 12.4. The van der Waals surface area contributed by atoms with Crippen molar-refractivity contribution in [3.63, 3.8) is 0 Å². The van der Waals surface area contributed by atoms with Crippen molar-refractivity contribution in [3.05, 3.63) is 95.0 Å². The lowest BCUT2D eigenvalue weighted by Gasteiger charge is -2.25. The van der Waals surface area contributed by atoms with Crippen LogP contribution in [0.15, 0.2) is 58.3 Å². The number of rotatable bonds is 11. The Morgan fingerprint density at radius 3 is 2.49 bits per heavy atom. The summed E-state index contributed by atoms with van der Waals surface area (Å²) < 4.78 is 8.37. The smallest absolute Gasteiger partial charge is 0.350 e. The molecule has 0 radical (unpaired) electrons. The number of benzene rings is 2. The van der Waals surface area contributed by atoms with E-state index in [9.17, 15) is 14.4 Å². The van der Waals surface area contributed by atoms with Gasteiger partial charge in [0.2, 0.25) is 0 Å². The van der Waals surface area contributed by atoms with Crippen LogP contribution in [0.3, 0.4) is 0 Å². The quantitative estimate of drug-likeness (QED) is 0.166. The fourth-order valence-corrected chi connectivity index (χ4v) is 6.32. The van der Waals surface area contributed by atoms with Gasteiger partial charge in [0.15, 0.2) is 0 Å². The molecule has 2 heterocycles. The molecule has 0 saturated carbocycles. The van der Waals surface area contributed by atoms with Crippen LogP contribution in [0.25, 0.3) is 16.9 Å². The Labute approximate surface area is 255 Å². The molecule has 0 bridgehead atoms. The van der Waals surface area contributed by atoms with Gasteiger partial charge in [-0.25, -0.2) is 18.9 Å². The van der Waals surface area contributed by atoms with Crippen LogP contribution in [-0.2, 0) is 10.2 Å². The van der Waals surface area contributed by atoms with E-state index < -0.39 is 22.6 Å². The lowest BCUT2D eigenvalue weighted by atomic mass is 9.85. The van der Waals surface area contributed by atoms with Gasteiger partial charge >= 0.3 is 11.7 Å². The molecule has 0 amide bonds. The van der Waals surface area contributed by atoms with Gasteiger partial charge in [-0.3, -0.25) is 9.78 Å². The van der Waals surface area contributed by atoms with Gasteiger partial charge in [-0.15, -0.1) is 11.3 Å². The lowest BCUT2D eigenvalue weighted by Crippen LogP contribution is -2.30. The van der Waals surface area contributed by atoms with Crippen molar-refractivity contribution < 1.29 is 9.53 Å². The topological polar surface area (TPSA) is 122 Å². The Balaban J connectivity index is 1.70. The number of esters is 1. The van der Waals surface area contributed by atoms with Crippen molar-refractivity contribution in [2.24, 2.45) is 0 Å². The molecule has 0 spiro atoms. The number of hydrogen-bond acceptors (Lipinski definition) is 10. The molecule has 10 nitrogen and oxygen atoms in total. The molecule has 4 rings (SSSR count). The maximum atomic E-state index is 13.3. The first-order chi connectivity index (χ1) is 19.5. The van der Waals surface area contributed by atoms with Crippen LogP contribution in [0.1, 0.15) is 34.1 Å². The van der Waals surface area contributed by atoms with Crippen LogP contribution < -0.4 is 16.6 Å². The van der Waals surface area contributed by atoms with E-state index in [1.807, 2.05) is 51.2 Å². The second kappa shape index (κ2) is 13.3. The van der Waals surface area contributed by atoms with Gasteiger partial charge in [-0.2, -0.15) is 9.78 Å². The van der Waals surface area contributed by atoms with Crippen LogP contribution in [0, 0.1) is 0 Å². The highest BCUT2D eigenvalue weighted by Crippen LogP contribution is 2.44. The van der Waals surface area contributed by atoms with Crippen molar-refractivity contribution in [1.29, 1.82) is 0 Å². The summed E-state index contributed by atoms with van der Waals surface area (Å²) >= 11 is 19.1. The van der Waals surface area contributed by atoms with E-state index in [1.54, 1.807) is 4.31 Å². The summed E-state index contributed by atoms with van der Waals surface area (Å²) in [7, 11) is 1.86. The third kappa shape index (κ3) is 7.08. The normalized spacial score (nSPS) is 11.7. The molecule has 0 atom stereocenters. The standard InChI is InChI=1S/C27H28Cl2N6O4S2/c1-27(2,21-18(28)13-17(14-19(21)29)35-26(38)32-20(36)15-31-35)25-33-22(16-7-5-4-6-8-16)23(41-25)24(37)39-12-11-34(40)10-9-30-3/h4-8,13-15,30,40H,9-12H2,1-3H3,(H,32,36,38). The van der Waals surface area contributed by atoms with E-state index in [0.717, 1.165) is 23.0 Å². The average Bonchev–Trinajstić information content (AvgIpc) is 3.38. The van der Waals surface area contributed by atoms with Crippen LogP contribution in [0.4, 0.5) is 0 Å². The lowest BCUT2D eigenvalue weighted by molar-refractivity contribution is 0.0499. The molecule has 2 aromatic carbocycles. The number of aromatic amines is 1. The Morgan fingerprint density at radius 1 is 1.17 bits per heavy atom. The number of halogens is 2. The Morgan fingerprint density at radius 2 is 1.85 bits per heavy atom. The molecule has 0 unspecified atom stereocenters. The van der Waals surface area contributed by atoms with Crippen molar-refractivity contribution in [3.8, 4) is 16.9 Å². The minimum absolute atomic E-state index is 0.161. The van der Waals surface area contributed by atoms with Gasteiger partial charge in [0.05, 0.1) is 11.4 Å². The molecule has 41 heavy (non-hydrogen) atoms. The molecular formula is C27H28Cl2N6O4S2. The second-order valence-corrected chi connectivity index (χ2v) is 11.9. The van der Waals surface area contributed by atoms with Gasteiger partial charge in [0, 0.05) is 46.2 Å². The van der Waals surface area contributed by atoms with Gasteiger partial charge in [0.25, 0.3) is 5.56 Å². The summed E-state index contributed by atoms with van der Waals surface area (Å²) in [5, 5.41) is 8.02. The number of thiol groups is 1. The number of nitrogens with zero attached hydrogens (tertiary/aromatic N) is 4. The summed E-state index contributed by atoms with van der Waals surface area (Å²) in [5.41, 5.74) is -0.112. The zero-order valence-electron chi connectivity index (χ0n) is 22.5. The van der Waals surface area contributed by atoms with E-state index in [0.29, 0.717) is 34.2 Å². The maximum absolute atomic E-state index is 13.3. The molecule has 216 valence electrons. The highest BCUT2D eigenvalue weighted by molar-refractivity contribution is 7.77. The largest absolute Gasteiger partial charge is 0.460 e. The van der Waals surface area contributed by atoms with Crippen molar-refractivity contribution in [1.82, 2.24) is 29.4 Å². The summed E-state index contributed by atoms with van der Waals surface area (Å²) in [6.45, 7) is 5.86. The first-order valence-corrected chi connectivity index (χ1v) is 14.5.